The zero-order valence-corrected chi connectivity index (χ0v) is 16.2. The zero-order chi connectivity index (χ0) is 18.6. The van der Waals surface area contributed by atoms with Crippen LogP contribution >= 0.6 is 22.9 Å². The molecule has 6 nitrogen and oxygen atoms in total. The van der Waals surface area contributed by atoms with Gasteiger partial charge in [0.1, 0.15) is 5.01 Å². The molecule has 1 fully saturated rings. The molecule has 4 rings (SSSR count). The number of rotatable bonds is 4. The van der Waals surface area contributed by atoms with Gasteiger partial charge >= 0.3 is 6.03 Å². The number of furan rings is 1. The van der Waals surface area contributed by atoms with E-state index in [1.54, 1.807) is 17.6 Å². The van der Waals surface area contributed by atoms with Crippen molar-refractivity contribution in [2.24, 2.45) is 0 Å². The summed E-state index contributed by atoms with van der Waals surface area (Å²) in [6.45, 7) is 1.93. The van der Waals surface area contributed by atoms with E-state index in [1.165, 1.54) is 0 Å². The minimum Gasteiger partial charge on any atom is -0.462 e. The van der Waals surface area contributed by atoms with Gasteiger partial charge in [-0.1, -0.05) is 35.1 Å². The lowest BCUT2D eigenvalue weighted by molar-refractivity contribution is 0.181. The molecule has 0 spiro atoms. The fourth-order valence-electron chi connectivity index (χ4n) is 3.12. The van der Waals surface area contributed by atoms with Crippen molar-refractivity contribution in [3.05, 3.63) is 58.3 Å². The third-order valence-corrected chi connectivity index (χ3v) is 6.01. The molecule has 1 aliphatic heterocycles. The number of amides is 2. The van der Waals surface area contributed by atoms with E-state index in [0.29, 0.717) is 30.6 Å². The van der Waals surface area contributed by atoms with E-state index in [9.17, 15) is 4.79 Å². The zero-order valence-electron chi connectivity index (χ0n) is 14.6. The molecule has 1 aliphatic rings. The molecule has 0 bridgehead atoms. The molecular weight excluding hydrogens is 384 g/mol. The maximum Gasteiger partial charge on any atom is 0.317 e. The van der Waals surface area contributed by atoms with Crippen molar-refractivity contribution in [3.8, 4) is 10.8 Å². The highest BCUT2D eigenvalue weighted by Gasteiger charge is 2.26. The molecule has 2 aromatic heterocycles. The first-order chi connectivity index (χ1) is 13.2. The second kappa shape index (κ2) is 8.10. The molecule has 140 valence electrons. The van der Waals surface area contributed by atoms with Crippen LogP contribution < -0.4 is 5.32 Å². The number of benzene rings is 1. The van der Waals surface area contributed by atoms with Crippen LogP contribution in [0.25, 0.3) is 10.8 Å². The normalized spacial score (nSPS) is 15.1. The molecule has 27 heavy (non-hydrogen) atoms. The van der Waals surface area contributed by atoms with Crippen LogP contribution in [0.3, 0.4) is 0 Å². The first-order valence-electron chi connectivity index (χ1n) is 8.83. The second-order valence-corrected chi connectivity index (χ2v) is 7.91. The fourth-order valence-corrected chi connectivity index (χ4v) is 4.23. The molecule has 0 saturated carbocycles. The summed E-state index contributed by atoms with van der Waals surface area (Å²) in [7, 11) is 0. The predicted molar refractivity (Wildman–Crippen MR) is 105 cm³/mol. The smallest absolute Gasteiger partial charge is 0.317 e. The van der Waals surface area contributed by atoms with Crippen molar-refractivity contribution in [1.29, 1.82) is 0 Å². The Balaban J connectivity index is 1.28. The Hall–Kier alpha value is -2.38. The minimum absolute atomic E-state index is 0.0306. The quantitative estimate of drug-likeness (QED) is 0.695. The van der Waals surface area contributed by atoms with E-state index < -0.39 is 0 Å². The Morgan fingerprint density at radius 2 is 2.00 bits per heavy atom. The maximum absolute atomic E-state index is 12.4. The van der Waals surface area contributed by atoms with Gasteiger partial charge < -0.3 is 14.6 Å². The van der Waals surface area contributed by atoms with E-state index in [4.69, 9.17) is 16.0 Å². The molecule has 0 aliphatic carbocycles. The summed E-state index contributed by atoms with van der Waals surface area (Å²) in [5.74, 6) is 1.09. The van der Waals surface area contributed by atoms with Crippen molar-refractivity contribution in [2.45, 2.75) is 25.3 Å². The SMILES string of the molecule is O=C(NCc1ccc(Cl)cc1)N1CCC(c2nnc(-c3ccco3)s2)CC1. The number of carbonyl (C=O) groups is 1. The molecule has 1 saturated heterocycles. The predicted octanol–water partition coefficient (Wildman–Crippen LogP) is 4.54. The Morgan fingerprint density at radius 3 is 2.70 bits per heavy atom. The standard InChI is InChI=1S/C19H19ClN4O2S/c20-15-5-3-13(4-6-15)12-21-19(25)24-9-7-14(8-10-24)17-22-23-18(27-17)16-2-1-11-26-16/h1-6,11,14H,7-10,12H2,(H,21,25). The highest BCUT2D eigenvalue weighted by Crippen LogP contribution is 2.33. The highest BCUT2D eigenvalue weighted by molar-refractivity contribution is 7.14. The molecule has 1 N–H and O–H groups in total. The maximum atomic E-state index is 12.4. The van der Waals surface area contributed by atoms with E-state index in [2.05, 4.69) is 15.5 Å². The van der Waals surface area contributed by atoms with Gasteiger partial charge in [-0.05, 0) is 42.7 Å². The topological polar surface area (TPSA) is 71.3 Å². The van der Waals surface area contributed by atoms with Gasteiger partial charge in [0.05, 0.1) is 6.26 Å². The van der Waals surface area contributed by atoms with Crippen molar-refractivity contribution < 1.29 is 9.21 Å². The number of hydrogen-bond acceptors (Lipinski definition) is 5. The Morgan fingerprint density at radius 1 is 1.22 bits per heavy atom. The van der Waals surface area contributed by atoms with Crippen LogP contribution in [0.2, 0.25) is 5.02 Å². The Kier molecular flexibility index (Phi) is 5.40. The average Bonchev–Trinajstić information content (AvgIpc) is 3.39. The lowest BCUT2D eigenvalue weighted by Crippen LogP contribution is -2.43. The molecule has 0 atom stereocenters. The van der Waals surface area contributed by atoms with Gasteiger partial charge in [0.25, 0.3) is 0 Å². The first kappa shape index (κ1) is 18.0. The van der Waals surface area contributed by atoms with E-state index in [-0.39, 0.29) is 6.03 Å². The van der Waals surface area contributed by atoms with E-state index in [0.717, 1.165) is 34.2 Å². The van der Waals surface area contributed by atoms with Gasteiger partial charge in [-0.25, -0.2) is 4.79 Å². The van der Waals surface area contributed by atoms with Crippen molar-refractivity contribution in [1.82, 2.24) is 20.4 Å². The van der Waals surface area contributed by atoms with Crippen molar-refractivity contribution >= 4 is 29.0 Å². The molecule has 2 amide bonds. The highest BCUT2D eigenvalue weighted by atomic mass is 35.5. The van der Waals surface area contributed by atoms with Crippen LogP contribution in [0.15, 0.2) is 47.1 Å². The van der Waals surface area contributed by atoms with Crippen LogP contribution in [0.5, 0.6) is 0 Å². The number of likely N-dealkylation sites (tertiary alicyclic amines) is 1. The van der Waals surface area contributed by atoms with Gasteiger partial charge in [0.15, 0.2) is 10.8 Å². The number of urea groups is 1. The summed E-state index contributed by atoms with van der Waals surface area (Å²) in [5.41, 5.74) is 1.03. The Bertz CT molecular complexity index is 887. The van der Waals surface area contributed by atoms with Crippen LogP contribution in [0.4, 0.5) is 4.79 Å². The largest absolute Gasteiger partial charge is 0.462 e. The average molecular weight is 403 g/mol. The van der Waals surface area contributed by atoms with Gasteiger partial charge in [-0.3, -0.25) is 0 Å². The van der Waals surface area contributed by atoms with Crippen LogP contribution in [0, 0.1) is 0 Å². The van der Waals surface area contributed by atoms with Gasteiger partial charge in [-0.2, -0.15) is 0 Å². The van der Waals surface area contributed by atoms with Crippen LogP contribution in [-0.4, -0.2) is 34.2 Å². The summed E-state index contributed by atoms with van der Waals surface area (Å²) in [6.07, 6.45) is 3.42. The fraction of sp³-hybridized carbons (Fsp3) is 0.316. The van der Waals surface area contributed by atoms with Crippen LogP contribution in [0.1, 0.15) is 29.3 Å². The number of piperidine rings is 1. The number of halogens is 1. The summed E-state index contributed by atoms with van der Waals surface area (Å²) >= 11 is 7.45. The molecule has 0 unspecified atom stereocenters. The van der Waals surface area contributed by atoms with Crippen molar-refractivity contribution in [2.75, 3.05) is 13.1 Å². The van der Waals surface area contributed by atoms with E-state index in [1.807, 2.05) is 41.3 Å². The lowest BCUT2D eigenvalue weighted by Gasteiger charge is -2.31. The third-order valence-electron chi connectivity index (χ3n) is 4.66. The molecule has 0 radical (unpaired) electrons. The summed E-state index contributed by atoms with van der Waals surface area (Å²) in [5, 5.41) is 14.0. The lowest BCUT2D eigenvalue weighted by atomic mass is 9.98. The number of aromatic nitrogens is 2. The number of nitrogens with one attached hydrogen (secondary N) is 1. The molecular formula is C19H19ClN4O2S. The second-order valence-electron chi connectivity index (χ2n) is 6.47. The van der Waals surface area contributed by atoms with Gasteiger partial charge in [-0.15, -0.1) is 10.2 Å². The van der Waals surface area contributed by atoms with Crippen molar-refractivity contribution in [3.63, 3.8) is 0 Å². The molecule has 3 aromatic rings. The monoisotopic (exact) mass is 402 g/mol. The van der Waals surface area contributed by atoms with Gasteiger partial charge in [0, 0.05) is 30.6 Å². The number of nitrogens with zero attached hydrogens (tertiary/aromatic N) is 3. The minimum atomic E-state index is -0.0306. The van der Waals surface area contributed by atoms with Crippen LogP contribution in [-0.2, 0) is 6.54 Å². The molecule has 3 heterocycles. The number of carbonyl (C=O) groups excluding carboxylic acids is 1. The summed E-state index contributed by atoms with van der Waals surface area (Å²) < 4.78 is 5.38. The summed E-state index contributed by atoms with van der Waals surface area (Å²) in [4.78, 5) is 14.3. The Labute approximate surface area is 166 Å². The summed E-state index contributed by atoms with van der Waals surface area (Å²) in [6, 6.07) is 11.2. The molecule has 1 aromatic carbocycles. The van der Waals surface area contributed by atoms with Gasteiger partial charge in [0.2, 0.25) is 0 Å². The first-order valence-corrected chi connectivity index (χ1v) is 10.0. The third kappa shape index (κ3) is 4.31. The molecule has 8 heteroatoms. The number of hydrogen-bond donors (Lipinski definition) is 1. The van der Waals surface area contributed by atoms with E-state index >= 15 is 0 Å².